The van der Waals surface area contributed by atoms with E-state index in [4.69, 9.17) is 9.47 Å². The van der Waals surface area contributed by atoms with Crippen molar-refractivity contribution in [3.05, 3.63) is 65.4 Å². The van der Waals surface area contributed by atoms with Crippen LogP contribution in [0, 0.1) is 0 Å². The van der Waals surface area contributed by atoms with E-state index in [1.807, 2.05) is 6.07 Å². The Morgan fingerprint density at radius 1 is 1.03 bits per heavy atom. The molecule has 1 aliphatic rings. The van der Waals surface area contributed by atoms with Gasteiger partial charge < -0.3 is 30.3 Å². The number of rotatable bonds is 6. The Morgan fingerprint density at radius 2 is 1.73 bits per heavy atom. The van der Waals surface area contributed by atoms with Gasteiger partial charge in [-0.1, -0.05) is 18.2 Å². The molecular formula is C23H26N2O5. The molecule has 1 atom stereocenters. The SMILES string of the molecule is COc1cc(C=CC(=O)C=C2CC(c3ccc(O)c(OC)c3)NCCN2)ccc1O. The van der Waals surface area contributed by atoms with E-state index in [0.717, 1.165) is 23.4 Å². The first-order valence-corrected chi connectivity index (χ1v) is 9.64. The molecule has 7 heteroatoms. The Labute approximate surface area is 175 Å². The number of phenolic OH excluding ortho intramolecular Hbond substituents is 2. The molecule has 0 saturated carbocycles. The number of benzene rings is 2. The van der Waals surface area contributed by atoms with Crippen LogP contribution in [0.25, 0.3) is 6.08 Å². The van der Waals surface area contributed by atoms with Gasteiger partial charge in [0, 0.05) is 37.3 Å². The van der Waals surface area contributed by atoms with E-state index in [9.17, 15) is 15.0 Å². The van der Waals surface area contributed by atoms with Gasteiger partial charge in [-0.25, -0.2) is 0 Å². The Morgan fingerprint density at radius 3 is 2.47 bits per heavy atom. The van der Waals surface area contributed by atoms with Gasteiger partial charge in [0.25, 0.3) is 0 Å². The number of allylic oxidation sites excluding steroid dienone is 2. The number of aromatic hydroxyl groups is 2. The summed E-state index contributed by atoms with van der Waals surface area (Å²) in [5, 5.41) is 26.2. The maximum atomic E-state index is 12.4. The van der Waals surface area contributed by atoms with Gasteiger partial charge in [0.05, 0.1) is 14.2 Å². The molecule has 30 heavy (non-hydrogen) atoms. The van der Waals surface area contributed by atoms with Crippen molar-refractivity contribution in [2.45, 2.75) is 12.5 Å². The molecular weight excluding hydrogens is 384 g/mol. The van der Waals surface area contributed by atoms with Crippen LogP contribution in [-0.2, 0) is 4.79 Å². The Balaban J connectivity index is 1.73. The number of nitrogens with one attached hydrogen (secondary N) is 2. The van der Waals surface area contributed by atoms with Gasteiger partial charge in [-0.05, 0) is 41.5 Å². The van der Waals surface area contributed by atoms with Crippen molar-refractivity contribution in [3.8, 4) is 23.0 Å². The minimum atomic E-state index is -0.145. The van der Waals surface area contributed by atoms with E-state index in [1.165, 1.54) is 26.4 Å². The molecule has 0 aromatic heterocycles. The number of hydrogen-bond donors (Lipinski definition) is 4. The van der Waals surface area contributed by atoms with E-state index in [2.05, 4.69) is 10.6 Å². The van der Waals surface area contributed by atoms with Crippen LogP contribution in [0.4, 0.5) is 0 Å². The van der Waals surface area contributed by atoms with E-state index >= 15 is 0 Å². The summed E-state index contributed by atoms with van der Waals surface area (Å²) in [6, 6.07) is 10.1. The van der Waals surface area contributed by atoms with Gasteiger partial charge >= 0.3 is 0 Å². The van der Waals surface area contributed by atoms with Gasteiger partial charge in [-0.3, -0.25) is 4.79 Å². The molecule has 0 radical (unpaired) electrons. The summed E-state index contributed by atoms with van der Waals surface area (Å²) < 4.78 is 10.3. The molecule has 4 N–H and O–H groups in total. The summed E-state index contributed by atoms with van der Waals surface area (Å²) in [7, 11) is 2.99. The molecule has 2 aromatic rings. The van der Waals surface area contributed by atoms with Gasteiger partial charge in [0.2, 0.25) is 0 Å². The lowest BCUT2D eigenvalue weighted by Gasteiger charge is -2.17. The lowest BCUT2D eigenvalue weighted by molar-refractivity contribution is -0.110. The zero-order valence-electron chi connectivity index (χ0n) is 17.0. The molecule has 0 spiro atoms. The fourth-order valence-corrected chi connectivity index (χ4v) is 3.29. The average Bonchev–Trinajstić information content (AvgIpc) is 2.99. The zero-order valence-corrected chi connectivity index (χ0v) is 17.0. The number of hydrogen-bond acceptors (Lipinski definition) is 7. The molecule has 0 amide bonds. The van der Waals surface area contributed by atoms with Crippen LogP contribution in [-0.4, -0.2) is 43.3 Å². The van der Waals surface area contributed by atoms with Crippen LogP contribution in [0.1, 0.15) is 23.6 Å². The molecule has 158 valence electrons. The third-order valence-corrected chi connectivity index (χ3v) is 4.86. The standard InChI is InChI=1S/C23H26N2O5/c1-29-22-11-15(4-7-20(22)27)3-6-18(26)13-17-14-19(25-10-9-24-17)16-5-8-21(28)23(12-16)30-2/h3-8,11-13,19,24-25,27-28H,9-10,14H2,1-2H3. The van der Waals surface area contributed by atoms with Gasteiger partial charge in [-0.2, -0.15) is 0 Å². The highest BCUT2D eigenvalue weighted by molar-refractivity contribution is 6.02. The van der Waals surface area contributed by atoms with Crippen LogP contribution in [0.5, 0.6) is 23.0 Å². The van der Waals surface area contributed by atoms with Crippen LogP contribution in [0.15, 0.2) is 54.2 Å². The van der Waals surface area contributed by atoms with Crippen LogP contribution in [0.2, 0.25) is 0 Å². The predicted molar refractivity (Wildman–Crippen MR) is 115 cm³/mol. The maximum absolute atomic E-state index is 12.4. The molecule has 3 rings (SSSR count). The normalized spacial score (nSPS) is 18.1. The van der Waals surface area contributed by atoms with Crippen molar-refractivity contribution in [1.82, 2.24) is 10.6 Å². The lowest BCUT2D eigenvalue weighted by atomic mass is 10.0. The van der Waals surface area contributed by atoms with Crippen molar-refractivity contribution in [2.24, 2.45) is 0 Å². The molecule has 1 unspecified atom stereocenters. The van der Waals surface area contributed by atoms with Crippen molar-refractivity contribution in [1.29, 1.82) is 0 Å². The third kappa shape index (κ3) is 5.33. The van der Waals surface area contributed by atoms with Crippen LogP contribution in [0.3, 0.4) is 0 Å². The van der Waals surface area contributed by atoms with Crippen LogP contribution < -0.4 is 20.1 Å². The number of methoxy groups -OCH3 is 2. The topological polar surface area (TPSA) is 100 Å². The highest BCUT2D eigenvalue weighted by Gasteiger charge is 2.18. The maximum Gasteiger partial charge on any atom is 0.180 e. The summed E-state index contributed by atoms with van der Waals surface area (Å²) in [4.78, 5) is 12.4. The second-order valence-corrected chi connectivity index (χ2v) is 6.91. The minimum absolute atomic E-state index is 0.0149. The van der Waals surface area contributed by atoms with Gasteiger partial charge in [-0.15, -0.1) is 0 Å². The van der Waals surface area contributed by atoms with Crippen LogP contribution >= 0.6 is 0 Å². The zero-order chi connectivity index (χ0) is 21.5. The van der Waals surface area contributed by atoms with Gasteiger partial charge in [0.15, 0.2) is 28.8 Å². The first-order valence-electron chi connectivity index (χ1n) is 9.64. The molecule has 1 heterocycles. The fraction of sp³-hybridized carbons (Fsp3) is 0.261. The number of phenols is 2. The molecule has 2 aromatic carbocycles. The second-order valence-electron chi connectivity index (χ2n) is 6.91. The summed E-state index contributed by atoms with van der Waals surface area (Å²) in [6.45, 7) is 1.44. The molecule has 1 fully saturated rings. The molecule has 1 aliphatic heterocycles. The largest absolute Gasteiger partial charge is 0.504 e. The highest BCUT2D eigenvalue weighted by Crippen LogP contribution is 2.31. The summed E-state index contributed by atoms with van der Waals surface area (Å²) in [5.74, 6) is 0.769. The van der Waals surface area contributed by atoms with Crippen molar-refractivity contribution in [2.75, 3.05) is 27.3 Å². The third-order valence-electron chi connectivity index (χ3n) is 4.86. The Kier molecular flexibility index (Phi) is 6.98. The second kappa shape index (κ2) is 9.84. The number of carbonyl (C=O) groups is 1. The van der Waals surface area contributed by atoms with E-state index < -0.39 is 0 Å². The molecule has 1 saturated heterocycles. The van der Waals surface area contributed by atoms with Crippen molar-refractivity contribution < 1.29 is 24.5 Å². The fourth-order valence-electron chi connectivity index (χ4n) is 3.29. The quantitative estimate of drug-likeness (QED) is 0.544. The average molecular weight is 410 g/mol. The van der Waals surface area contributed by atoms with Crippen molar-refractivity contribution >= 4 is 11.9 Å². The van der Waals surface area contributed by atoms with E-state index in [-0.39, 0.29) is 23.3 Å². The van der Waals surface area contributed by atoms with Crippen molar-refractivity contribution in [3.63, 3.8) is 0 Å². The summed E-state index contributed by atoms with van der Waals surface area (Å²) in [5.41, 5.74) is 2.55. The predicted octanol–water partition coefficient (Wildman–Crippen LogP) is 2.91. The Bertz CT molecular complexity index is 968. The highest BCUT2D eigenvalue weighted by atomic mass is 16.5. The lowest BCUT2D eigenvalue weighted by Crippen LogP contribution is -2.23. The minimum Gasteiger partial charge on any atom is -0.504 e. The Hall–Kier alpha value is -3.45. The monoisotopic (exact) mass is 410 g/mol. The first-order chi connectivity index (χ1) is 14.5. The molecule has 7 nitrogen and oxygen atoms in total. The van der Waals surface area contributed by atoms with E-state index in [1.54, 1.807) is 36.4 Å². The van der Waals surface area contributed by atoms with Gasteiger partial charge in [0.1, 0.15) is 0 Å². The molecule has 0 bridgehead atoms. The number of ether oxygens (including phenoxy) is 2. The number of ketones is 1. The summed E-state index contributed by atoms with van der Waals surface area (Å²) in [6.07, 6.45) is 5.35. The number of carbonyl (C=O) groups excluding carboxylic acids is 1. The first kappa shape index (κ1) is 21.3. The van der Waals surface area contributed by atoms with E-state index in [0.29, 0.717) is 24.5 Å². The summed E-state index contributed by atoms with van der Waals surface area (Å²) >= 11 is 0. The smallest absolute Gasteiger partial charge is 0.180 e. The molecule has 0 aliphatic carbocycles.